The van der Waals surface area contributed by atoms with Crippen molar-refractivity contribution in [2.24, 2.45) is 5.10 Å². The molecule has 0 saturated heterocycles. The Labute approximate surface area is 151 Å². The Bertz CT molecular complexity index is 892. The van der Waals surface area contributed by atoms with Crippen molar-refractivity contribution in [3.05, 3.63) is 50.0 Å². The third-order valence-corrected chi connectivity index (χ3v) is 4.63. The molecule has 1 aromatic carbocycles. The van der Waals surface area contributed by atoms with E-state index in [9.17, 15) is 0 Å². The van der Waals surface area contributed by atoms with E-state index in [1.165, 1.54) is 7.11 Å². The molecule has 0 amide bonds. The van der Waals surface area contributed by atoms with E-state index in [4.69, 9.17) is 40.2 Å². The molecule has 0 bridgehead atoms. The molecule has 0 aliphatic heterocycles. The van der Waals surface area contributed by atoms with Gasteiger partial charge in [-0.15, -0.1) is 11.3 Å². The maximum absolute atomic E-state index is 6.12. The van der Waals surface area contributed by atoms with Crippen molar-refractivity contribution in [3.8, 4) is 16.5 Å². The van der Waals surface area contributed by atoms with E-state index in [1.54, 1.807) is 34.4 Å². The second kappa shape index (κ2) is 6.84. The largest absolute Gasteiger partial charge is 0.494 e. The molecule has 3 rings (SSSR count). The van der Waals surface area contributed by atoms with Gasteiger partial charge in [-0.05, 0) is 41.4 Å². The number of ether oxygens (including phenoxy) is 1. The van der Waals surface area contributed by atoms with E-state index in [2.05, 4.69) is 15.3 Å². The summed E-state index contributed by atoms with van der Waals surface area (Å²) < 4.78 is 7.07. The highest BCUT2D eigenvalue weighted by atomic mass is 35.5. The molecule has 2 heterocycles. The van der Waals surface area contributed by atoms with E-state index in [0.29, 0.717) is 26.4 Å². The maximum atomic E-state index is 6.12. The predicted octanol–water partition coefficient (Wildman–Crippen LogP) is 4.87. The highest BCUT2D eigenvalue weighted by Crippen LogP contribution is 2.33. The van der Waals surface area contributed by atoms with Gasteiger partial charge < -0.3 is 4.74 Å². The van der Waals surface area contributed by atoms with Crippen molar-refractivity contribution in [2.45, 2.75) is 0 Å². The van der Waals surface area contributed by atoms with E-state index < -0.39 is 0 Å². The van der Waals surface area contributed by atoms with Gasteiger partial charge in [-0.25, -0.2) is 5.10 Å². The lowest BCUT2D eigenvalue weighted by Crippen LogP contribution is -1.94. The number of benzene rings is 1. The van der Waals surface area contributed by atoms with E-state index >= 15 is 0 Å². The van der Waals surface area contributed by atoms with Gasteiger partial charge in [-0.2, -0.15) is 14.9 Å². The zero-order chi connectivity index (χ0) is 16.4. The number of halogens is 2. The number of aromatic amines is 1. The SMILES string of the molecule is COc1c(Cl)cc(/C=N\n2c(-c3cccs3)n[nH]c2=S)cc1Cl. The molecule has 2 aromatic heterocycles. The van der Waals surface area contributed by atoms with E-state index in [0.717, 1.165) is 10.4 Å². The summed E-state index contributed by atoms with van der Waals surface area (Å²) in [5.41, 5.74) is 0.723. The molecule has 5 nitrogen and oxygen atoms in total. The Kier molecular flexibility index (Phi) is 4.82. The van der Waals surface area contributed by atoms with E-state index in [1.807, 2.05) is 17.5 Å². The molecule has 118 valence electrons. The van der Waals surface area contributed by atoms with Gasteiger partial charge >= 0.3 is 0 Å². The fourth-order valence-corrected chi connectivity index (χ4v) is 3.47. The van der Waals surface area contributed by atoms with Gasteiger partial charge in [0.2, 0.25) is 4.77 Å². The minimum atomic E-state index is 0.398. The summed E-state index contributed by atoms with van der Waals surface area (Å²) in [5.74, 6) is 1.08. The van der Waals surface area contributed by atoms with Gasteiger partial charge in [0.05, 0.1) is 28.2 Å². The Morgan fingerprint density at radius 1 is 1.39 bits per heavy atom. The topological polar surface area (TPSA) is 55.2 Å². The highest BCUT2D eigenvalue weighted by molar-refractivity contribution is 7.71. The van der Waals surface area contributed by atoms with Crippen LogP contribution in [-0.2, 0) is 0 Å². The van der Waals surface area contributed by atoms with Crippen molar-refractivity contribution in [2.75, 3.05) is 7.11 Å². The summed E-state index contributed by atoms with van der Waals surface area (Å²) in [6, 6.07) is 7.31. The number of thiophene rings is 1. The fraction of sp³-hybridized carbons (Fsp3) is 0.0714. The van der Waals surface area contributed by atoms with Crippen molar-refractivity contribution >= 4 is 53.0 Å². The standard InChI is InChI=1S/C14H10Cl2N4OS2/c1-21-12-9(15)5-8(6-10(12)16)7-17-20-13(18-19-14(20)22)11-3-2-4-23-11/h2-7H,1H3,(H,19,22)/b17-7-. The lowest BCUT2D eigenvalue weighted by atomic mass is 10.2. The van der Waals surface area contributed by atoms with Crippen LogP contribution in [0, 0.1) is 4.77 Å². The van der Waals surface area contributed by atoms with Crippen LogP contribution in [0.3, 0.4) is 0 Å². The average Bonchev–Trinajstić information content (AvgIpc) is 3.14. The Hall–Kier alpha value is -1.67. The molecule has 0 aliphatic rings. The fourth-order valence-electron chi connectivity index (χ4n) is 1.94. The predicted molar refractivity (Wildman–Crippen MR) is 96.7 cm³/mol. The third kappa shape index (κ3) is 3.32. The van der Waals surface area contributed by atoms with Crippen molar-refractivity contribution < 1.29 is 4.74 Å². The molecule has 3 aromatic rings. The number of hydrogen-bond donors (Lipinski definition) is 1. The average molecular weight is 385 g/mol. The number of rotatable bonds is 4. The molecule has 23 heavy (non-hydrogen) atoms. The number of methoxy groups -OCH3 is 1. The second-order valence-corrected chi connectivity index (χ2v) is 6.55. The third-order valence-electron chi connectivity index (χ3n) is 2.94. The van der Waals surface area contributed by atoms with Crippen LogP contribution in [0.1, 0.15) is 5.56 Å². The summed E-state index contributed by atoms with van der Waals surface area (Å²) in [4.78, 5) is 0.959. The number of nitrogens with one attached hydrogen (secondary N) is 1. The molecule has 0 aliphatic carbocycles. The monoisotopic (exact) mass is 384 g/mol. The first-order valence-corrected chi connectivity index (χ1v) is 8.43. The molecule has 1 N–H and O–H groups in total. The summed E-state index contributed by atoms with van der Waals surface area (Å²) in [6.45, 7) is 0. The first-order valence-electron chi connectivity index (χ1n) is 6.39. The van der Waals surface area contributed by atoms with Crippen molar-refractivity contribution in [1.82, 2.24) is 14.9 Å². The minimum Gasteiger partial charge on any atom is -0.494 e. The van der Waals surface area contributed by atoms with Crippen LogP contribution in [0.2, 0.25) is 10.0 Å². The summed E-state index contributed by atoms with van der Waals surface area (Å²) in [7, 11) is 1.51. The maximum Gasteiger partial charge on any atom is 0.216 e. The Morgan fingerprint density at radius 2 is 2.13 bits per heavy atom. The van der Waals surface area contributed by atoms with Gasteiger partial charge in [0.25, 0.3) is 0 Å². The summed E-state index contributed by atoms with van der Waals surface area (Å²) in [6.07, 6.45) is 1.61. The van der Waals surface area contributed by atoms with E-state index in [-0.39, 0.29) is 0 Å². The van der Waals surface area contributed by atoms with Crippen LogP contribution >= 0.6 is 46.8 Å². The summed E-state index contributed by atoms with van der Waals surface area (Å²) >= 11 is 19.0. The lowest BCUT2D eigenvalue weighted by molar-refractivity contribution is 0.415. The normalized spacial score (nSPS) is 11.3. The molecule has 0 unspecified atom stereocenters. The van der Waals surface area contributed by atoms with Gasteiger partial charge in [0.1, 0.15) is 0 Å². The first-order chi connectivity index (χ1) is 11.1. The zero-order valence-electron chi connectivity index (χ0n) is 11.8. The summed E-state index contributed by atoms with van der Waals surface area (Å²) in [5, 5.41) is 14.1. The second-order valence-electron chi connectivity index (χ2n) is 4.40. The van der Waals surface area contributed by atoms with Gasteiger partial charge in [0, 0.05) is 0 Å². The van der Waals surface area contributed by atoms with Crippen LogP contribution in [0.15, 0.2) is 34.7 Å². The van der Waals surface area contributed by atoms with Gasteiger partial charge in [0.15, 0.2) is 11.6 Å². The quantitative estimate of drug-likeness (QED) is 0.515. The number of H-pyrrole nitrogens is 1. The van der Waals surface area contributed by atoms with Crippen molar-refractivity contribution in [1.29, 1.82) is 0 Å². The van der Waals surface area contributed by atoms with Crippen LogP contribution in [-0.4, -0.2) is 28.2 Å². The molecule has 0 fully saturated rings. The Balaban J connectivity index is 1.99. The molecule has 0 spiro atoms. The molecule has 9 heteroatoms. The molecule has 0 saturated carbocycles. The molecular formula is C14H10Cl2N4OS2. The Morgan fingerprint density at radius 3 is 2.74 bits per heavy atom. The van der Waals surface area contributed by atoms with Crippen molar-refractivity contribution in [3.63, 3.8) is 0 Å². The van der Waals surface area contributed by atoms with Gasteiger partial charge in [-0.1, -0.05) is 29.3 Å². The highest BCUT2D eigenvalue weighted by Gasteiger charge is 2.10. The van der Waals surface area contributed by atoms with Crippen LogP contribution < -0.4 is 4.74 Å². The minimum absolute atomic E-state index is 0.398. The number of hydrogen-bond acceptors (Lipinski definition) is 5. The van der Waals surface area contributed by atoms with Crippen LogP contribution in [0.25, 0.3) is 10.7 Å². The molecule has 0 radical (unpaired) electrons. The zero-order valence-corrected chi connectivity index (χ0v) is 14.9. The smallest absolute Gasteiger partial charge is 0.216 e. The number of nitrogens with zero attached hydrogens (tertiary/aromatic N) is 3. The lowest BCUT2D eigenvalue weighted by Gasteiger charge is -2.06. The number of aromatic nitrogens is 3. The first kappa shape index (κ1) is 16.2. The van der Waals surface area contributed by atoms with Crippen LogP contribution in [0.5, 0.6) is 5.75 Å². The molecular weight excluding hydrogens is 375 g/mol. The van der Waals surface area contributed by atoms with Gasteiger partial charge in [-0.3, -0.25) is 0 Å². The molecule has 0 atom stereocenters. The van der Waals surface area contributed by atoms with Crippen LogP contribution in [0.4, 0.5) is 0 Å².